The molecule has 1 N–H and O–H groups in total. The minimum atomic E-state index is 0.164. The van der Waals surface area contributed by atoms with E-state index < -0.39 is 0 Å². The zero-order valence-corrected chi connectivity index (χ0v) is 7.73. The number of benzene rings is 1. The number of aryl methyl sites for hydroxylation is 1. The maximum atomic E-state index is 9.13. The molecular weight excluding hydrogens is 178 g/mol. The Bertz CT molecular complexity index is 436. The van der Waals surface area contributed by atoms with Crippen molar-refractivity contribution in [1.29, 1.82) is 0 Å². The average Bonchev–Trinajstić information content (AvgIpc) is 2.15. The Labute approximate surface area is 81.8 Å². The molecule has 0 amide bonds. The molecule has 0 aliphatic rings. The molecule has 70 valence electrons. The van der Waals surface area contributed by atoms with E-state index in [1.807, 2.05) is 6.92 Å². The average molecular weight is 187 g/mol. The Morgan fingerprint density at radius 2 is 2.36 bits per heavy atom. The molecule has 4 nitrogen and oxygen atoms in total. The van der Waals surface area contributed by atoms with Crippen LogP contribution in [0.4, 0.5) is 0 Å². The number of aromatic hydroxyl groups is 1. The lowest BCUT2D eigenvalue weighted by molar-refractivity contribution is 0.475. The third kappa shape index (κ3) is 2.74. The second-order valence-electron chi connectivity index (χ2n) is 2.69. The van der Waals surface area contributed by atoms with Gasteiger partial charge in [0.1, 0.15) is 5.75 Å². The lowest BCUT2D eigenvalue weighted by Gasteiger charge is -1.97. The van der Waals surface area contributed by atoms with Crippen molar-refractivity contribution in [2.45, 2.75) is 6.92 Å². The fourth-order valence-corrected chi connectivity index (χ4v) is 0.990. The van der Waals surface area contributed by atoms with E-state index in [-0.39, 0.29) is 12.3 Å². The van der Waals surface area contributed by atoms with Gasteiger partial charge in [0.15, 0.2) is 0 Å². The van der Waals surface area contributed by atoms with Crippen LogP contribution in [-0.2, 0) is 0 Å². The van der Waals surface area contributed by atoms with Crippen LogP contribution in [0, 0.1) is 18.8 Å². The first-order chi connectivity index (χ1) is 6.74. The fourth-order valence-electron chi connectivity index (χ4n) is 0.990. The van der Waals surface area contributed by atoms with Crippen LogP contribution >= 0.6 is 0 Å². The van der Waals surface area contributed by atoms with Gasteiger partial charge in [-0.15, -0.1) is 0 Å². The van der Waals surface area contributed by atoms with Crippen LogP contribution in [-0.4, -0.2) is 11.7 Å². The standard InChI is InChI=1S/C10H9N3O/c1-8-7-10(14)5-4-9(8)3-2-6-12-13-11/h4-5,7,14H,6H2,1H3. The summed E-state index contributed by atoms with van der Waals surface area (Å²) in [6.07, 6.45) is 0. The molecule has 0 saturated heterocycles. The van der Waals surface area contributed by atoms with Crippen molar-refractivity contribution in [3.63, 3.8) is 0 Å². The molecule has 0 fully saturated rings. The molecule has 0 unspecified atom stereocenters. The SMILES string of the molecule is Cc1cc(O)ccc1C#CCN=[N+]=[N-]. The number of hydrogen-bond donors (Lipinski definition) is 1. The second kappa shape index (κ2) is 4.80. The monoisotopic (exact) mass is 187 g/mol. The number of hydrogen-bond acceptors (Lipinski definition) is 2. The predicted molar refractivity (Wildman–Crippen MR) is 53.7 cm³/mol. The summed E-state index contributed by atoms with van der Waals surface area (Å²) in [6, 6.07) is 4.94. The first kappa shape index (κ1) is 9.97. The van der Waals surface area contributed by atoms with Crippen molar-refractivity contribution < 1.29 is 5.11 Å². The van der Waals surface area contributed by atoms with E-state index in [1.165, 1.54) is 0 Å². The van der Waals surface area contributed by atoms with E-state index in [2.05, 4.69) is 21.9 Å². The van der Waals surface area contributed by atoms with E-state index in [9.17, 15) is 0 Å². The van der Waals surface area contributed by atoms with Gasteiger partial charge >= 0.3 is 0 Å². The first-order valence-electron chi connectivity index (χ1n) is 4.03. The second-order valence-corrected chi connectivity index (χ2v) is 2.69. The summed E-state index contributed by atoms with van der Waals surface area (Å²) in [4.78, 5) is 2.59. The fraction of sp³-hybridized carbons (Fsp3) is 0.200. The summed E-state index contributed by atoms with van der Waals surface area (Å²) in [5.41, 5.74) is 9.74. The topological polar surface area (TPSA) is 69.0 Å². The summed E-state index contributed by atoms with van der Waals surface area (Å²) < 4.78 is 0. The predicted octanol–water partition coefficient (Wildman–Crippen LogP) is 2.36. The Kier molecular flexibility index (Phi) is 3.42. The normalized spacial score (nSPS) is 8.36. The Balaban J connectivity index is 2.84. The van der Waals surface area contributed by atoms with Crippen molar-refractivity contribution in [3.05, 3.63) is 39.8 Å². The lowest BCUT2D eigenvalue weighted by Crippen LogP contribution is -1.81. The smallest absolute Gasteiger partial charge is 0.115 e. The van der Waals surface area contributed by atoms with Crippen LogP contribution in [0.1, 0.15) is 11.1 Å². The number of phenolic OH excluding ortho intramolecular Hbond substituents is 1. The van der Waals surface area contributed by atoms with E-state index in [1.54, 1.807) is 18.2 Å². The third-order valence-electron chi connectivity index (χ3n) is 1.65. The van der Waals surface area contributed by atoms with E-state index in [0.29, 0.717) is 0 Å². The number of phenols is 1. The van der Waals surface area contributed by atoms with Gasteiger partial charge in [0.2, 0.25) is 0 Å². The van der Waals surface area contributed by atoms with Gasteiger partial charge in [0.05, 0.1) is 6.54 Å². The van der Waals surface area contributed by atoms with Crippen LogP contribution in [0.25, 0.3) is 10.4 Å². The van der Waals surface area contributed by atoms with Crippen molar-refractivity contribution in [3.8, 4) is 17.6 Å². The van der Waals surface area contributed by atoms with Gasteiger partial charge < -0.3 is 5.11 Å². The summed E-state index contributed by atoms with van der Waals surface area (Å²) in [5.74, 6) is 5.78. The Hall–Kier alpha value is -2.11. The zero-order chi connectivity index (χ0) is 10.4. The molecule has 0 atom stereocenters. The van der Waals surface area contributed by atoms with E-state index >= 15 is 0 Å². The highest BCUT2D eigenvalue weighted by atomic mass is 16.3. The molecule has 4 heteroatoms. The molecule has 0 bridgehead atoms. The summed E-state index contributed by atoms with van der Waals surface area (Å²) in [7, 11) is 0. The van der Waals surface area contributed by atoms with Crippen LogP contribution in [0.5, 0.6) is 5.75 Å². The first-order valence-corrected chi connectivity index (χ1v) is 4.03. The van der Waals surface area contributed by atoms with Gasteiger partial charge in [0, 0.05) is 10.5 Å². The molecule has 0 heterocycles. The molecule has 14 heavy (non-hydrogen) atoms. The maximum Gasteiger partial charge on any atom is 0.115 e. The molecule has 0 radical (unpaired) electrons. The van der Waals surface area contributed by atoms with Crippen LogP contribution in [0.2, 0.25) is 0 Å². The minimum Gasteiger partial charge on any atom is -0.508 e. The molecule has 1 rings (SSSR count). The maximum absolute atomic E-state index is 9.13. The summed E-state index contributed by atoms with van der Waals surface area (Å²) in [5, 5.41) is 12.4. The van der Waals surface area contributed by atoms with Gasteiger partial charge in [-0.3, -0.25) is 0 Å². The molecule has 0 aliphatic carbocycles. The largest absolute Gasteiger partial charge is 0.508 e. The minimum absolute atomic E-state index is 0.164. The Morgan fingerprint density at radius 3 is 3.00 bits per heavy atom. The van der Waals surface area contributed by atoms with Gasteiger partial charge in [0.25, 0.3) is 0 Å². The number of nitrogens with zero attached hydrogens (tertiary/aromatic N) is 3. The van der Waals surface area contributed by atoms with Crippen molar-refractivity contribution >= 4 is 0 Å². The highest BCUT2D eigenvalue weighted by Gasteiger charge is 1.94. The quantitative estimate of drug-likeness (QED) is 0.312. The molecule has 0 spiro atoms. The molecular formula is C10H9N3O. The van der Waals surface area contributed by atoms with Crippen molar-refractivity contribution in [2.75, 3.05) is 6.54 Å². The van der Waals surface area contributed by atoms with Gasteiger partial charge in [-0.05, 0) is 36.2 Å². The number of rotatable bonds is 1. The van der Waals surface area contributed by atoms with Crippen LogP contribution in [0.15, 0.2) is 23.3 Å². The lowest BCUT2D eigenvalue weighted by atomic mass is 10.1. The van der Waals surface area contributed by atoms with Crippen LogP contribution in [0.3, 0.4) is 0 Å². The molecule has 1 aromatic rings. The summed E-state index contributed by atoms with van der Waals surface area (Å²) in [6.45, 7) is 2.02. The zero-order valence-electron chi connectivity index (χ0n) is 7.73. The molecule has 1 aromatic carbocycles. The van der Waals surface area contributed by atoms with E-state index in [0.717, 1.165) is 11.1 Å². The van der Waals surface area contributed by atoms with E-state index in [4.69, 9.17) is 10.6 Å². The highest BCUT2D eigenvalue weighted by molar-refractivity contribution is 5.44. The van der Waals surface area contributed by atoms with Crippen LogP contribution < -0.4 is 0 Å². The van der Waals surface area contributed by atoms with Crippen molar-refractivity contribution in [2.24, 2.45) is 5.11 Å². The van der Waals surface area contributed by atoms with Gasteiger partial charge in [-0.2, -0.15) is 0 Å². The van der Waals surface area contributed by atoms with Gasteiger partial charge in [-0.25, -0.2) is 0 Å². The highest BCUT2D eigenvalue weighted by Crippen LogP contribution is 2.14. The number of azide groups is 1. The molecule has 0 aliphatic heterocycles. The third-order valence-corrected chi connectivity index (χ3v) is 1.65. The molecule has 0 aromatic heterocycles. The summed E-state index contributed by atoms with van der Waals surface area (Å²) >= 11 is 0. The molecule has 0 saturated carbocycles. The Morgan fingerprint density at radius 1 is 1.57 bits per heavy atom. The van der Waals surface area contributed by atoms with Crippen molar-refractivity contribution in [1.82, 2.24) is 0 Å². The van der Waals surface area contributed by atoms with Gasteiger partial charge in [-0.1, -0.05) is 17.0 Å².